The molecule has 180 valence electrons. The van der Waals surface area contributed by atoms with Crippen LogP contribution in [-0.2, 0) is 12.6 Å². The highest BCUT2D eigenvalue weighted by molar-refractivity contribution is 6.30. The molecule has 0 fully saturated rings. The van der Waals surface area contributed by atoms with E-state index in [1.54, 1.807) is 38.1 Å². The van der Waals surface area contributed by atoms with Crippen LogP contribution in [0.1, 0.15) is 51.3 Å². The molecule has 0 spiro atoms. The molecular formula is C27H22ClF3N2O2. The lowest BCUT2D eigenvalue weighted by Gasteiger charge is -2.18. The summed E-state index contributed by atoms with van der Waals surface area (Å²) in [6, 6.07) is 20.3. The van der Waals surface area contributed by atoms with Crippen LogP contribution in [0.3, 0.4) is 0 Å². The Hall–Kier alpha value is -3.58. The van der Waals surface area contributed by atoms with E-state index in [9.17, 15) is 18.0 Å². The summed E-state index contributed by atoms with van der Waals surface area (Å²) in [6.45, 7) is 3.50. The molecule has 1 heterocycles. The van der Waals surface area contributed by atoms with Gasteiger partial charge >= 0.3 is 12.1 Å². The zero-order valence-electron chi connectivity index (χ0n) is 19.0. The zero-order chi connectivity index (χ0) is 25.2. The Bertz CT molecular complexity index is 1350. The lowest BCUT2D eigenvalue weighted by atomic mass is 10.0. The monoisotopic (exact) mass is 498 g/mol. The number of rotatable bonds is 6. The fourth-order valence-electron chi connectivity index (χ4n) is 3.81. The molecule has 4 nitrogen and oxygen atoms in total. The smallest absolute Gasteiger partial charge is 0.404 e. The number of nitrogens with zero attached hydrogens (tertiary/aromatic N) is 2. The number of benzene rings is 3. The van der Waals surface area contributed by atoms with Gasteiger partial charge < -0.3 is 4.74 Å². The fraction of sp³-hybridized carbons (Fsp3) is 0.185. The second-order valence-electron chi connectivity index (χ2n) is 8.18. The van der Waals surface area contributed by atoms with Gasteiger partial charge in [-0.1, -0.05) is 60.1 Å². The minimum atomic E-state index is -4.48. The number of hydrogen-bond acceptors (Lipinski definition) is 3. The molecule has 1 aromatic heterocycles. The summed E-state index contributed by atoms with van der Waals surface area (Å²) in [4.78, 5) is 13.0. The predicted molar refractivity (Wildman–Crippen MR) is 128 cm³/mol. The number of halogens is 4. The average Bonchev–Trinajstić information content (AvgIpc) is 3.13. The Labute approximate surface area is 205 Å². The zero-order valence-corrected chi connectivity index (χ0v) is 19.8. The van der Waals surface area contributed by atoms with Gasteiger partial charge in [0.25, 0.3) is 0 Å². The first kappa shape index (κ1) is 24.5. The van der Waals surface area contributed by atoms with E-state index >= 15 is 0 Å². The van der Waals surface area contributed by atoms with Crippen molar-refractivity contribution in [3.8, 4) is 5.88 Å². The quantitative estimate of drug-likeness (QED) is 0.262. The summed E-state index contributed by atoms with van der Waals surface area (Å²) in [7, 11) is 0. The molecule has 0 saturated heterocycles. The van der Waals surface area contributed by atoms with E-state index < -0.39 is 23.8 Å². The lowest BCUT2D eigenvalue weighted by molar-refractivity contribution is -0.137. The number of aryl methyl sites for hydroxylation is 1. The van der Waals surface area contributed by atoms with Crippen LogP contribution in [0.4, 0.5) is 13.2 Å². The molecule has 4 aromatic rings. The highest BCUT2D eigenvalue weighted by atomic mass is 35.5. The van der Waals surface area contributed by atoms with Crippen molar-refractivity contribution in [2.45, 2.75) is 32.5 Å². The van der Waals surface area contributed by atoms with Gasteiger partial charge in [0.1, 0.15) is 0 Å². The maximum Gasteiger partial charge on any atom is 0.416 e. The Morgan fingerprint density at radius 2 is 1.74 bits per heavy atom. The minimum absolute atomic E-state index is 0.182. The van der Waals surface area contributed by atoms with Gasteiger partial charge in [-0.25, -0.2) is 9.48 Å². The SMILES string of the molecule is Cc1nn(C(C)c2cccc(C(F)(F)F)c2)c(OC(=O)c2cccc(Cl)c2)c1Cc1ccccc1. The van der Waals surface area contributed by atoms with Gasteiger partial charge in [0.2, 0.25) is 5.88 Å². The molecule has 0 aliphatic rings. The van der Waals surface area contributed by atoms with E-state index in [1.165, 1.54) is 16.8 Å². The van der Waals surface area contributed by atoms with Crippen molar-refractivity contribution in [2.24, 2.45) is 0 Å². The van der Waals surface area contributed by atoms with Crippen LogP contribution in [0.15, 0.2) is 78.9 Å². The number of aromatic nitrogens is 2. The second kappa shape index (κ2) is 9.96. The maximum atomic E-state index is 13.3. The Morgan fingerprint density at radius 3 is 2.43 bits per heavy atom. The standard InChI is InChI=1S/C27H22ClF3N2O2/c1-17-24(14-19-8-4-3-5-9-19)25(35-26(34)21-11-7-13-23(28)16-21)33(32-17)18(2)20-10-6-12-22(15-20)27(29,30)31/h3-13,15-16,18H,14H2,1-2H3. The summed E-state index contributed by atoms with van der Waals surface area (Å²) in [6.07, 6.45) is -4.05. The fourth-order valence-corrected chi connectivity index (χ4v) is 4.00. The Kier molecular flexibility index (Phi) is 6.98. The van der Waals surface area contributed by atoms with Crippen LogP contribution < -0.4 is 4.74 Å². The summed E-state index contributed by atoms with van der Waals surface area (Å²) in [5.74, 6) is -0.458. The molecule has 4 rings (SSSR count). The summed E-state index contributed by atoms with van der Waals surface area (Å²) >= 11 is 6.03. The van der Waals surface area contributed by atoms with E-state index in [4.69, 9.17) is 16.3 Å². The molecule has 0 aliphatic carbocycles. The Balaban J connectivity index is 1.78. The first-order valence-electron chi connectivity index (χ1n) is 10.9. The van der Waals surface area contributed by atoms with E-state index in [1.807, 2.05) is 30.3 Å². The normalized spacial score (nSPS) is 12.4. The van der Waals surface area contributed by atoms with Crippen molar-refractivity contribution in [2.75, 3.05) is 0 Å². The van der Waals surface area contributed by atoms with Gasteiger partial charge in [0.05, 0.1) is 22.9 Å². The number of alkyl halides is 3. The third-order valence-corrected chi connectivity index (χ3v) is 5.93. The predicted octanol–water partition coefficient (Wildman–Crippen LogP) is 7.28. The topological polar surface area (TPSA) is 44.1 Å². The average molecular weight is 499 g/mol. The van der Waals surface area contributed by atoms with Crippen molar-refractivity contribution in [1.82, 2.24) is 9.78 Å². The van der Waals surface area contributed by atoms with Crippen LogP contribution in [0.25, 0.3) is 0 Å². The van der Waals surface area contributed by atoms with Gasteiger partial charge in [-0.15, -0.1) is 0 Å². The molecular weight excluding hydrogens is 477 g/mol. The summed E-state index contributed by atoms with van der Waals surface area (Å²) in [5, 5.41) is 4.95. The number of ether oxygens (including phenoxy) is 1. The molecule has 3 aromatic carbocycles. The molecule has 0 N–H and O–H groups in total. The van der Waals surface area contributed by atoms with E-state index in [0.29, 0.717) is 28.3 Å². The van der Waals surface area contributed by atoms with Crippen molar-refractivity contribution < 1.29 is 22.7 Å². The molecule has 1 unspecified atom stereocenters. The number of hydrogen-bond donors (Lipinski definition) is 0. The second-order valence-corrected chi connectivity index (χ2v) is 8.61. The minimum Gasteiger partial charge on any atom is -0.404 e. The molecule has 35 heavy (non-hydrogen) atoms. The van der Waals surface area contributed by atoms with Crippen LogP contribution in [-0.4, -0.2) is 15.7 Å². The molecule has 1 atom stereocenters. The van der Waals surface area contributed by atoms with Crippen molar-refractivity contribution in [1.29, 1.82) is 0 Å². The van der Waals surface area contributed by atoms with Crippen molar-refractivity contribution in [3.63, 3.8) is 0 Å². The molecule has 0 aliphatic heterocycles. The van der Waals surface area contributed by atoms with E-state index in [2.05, 4.69) is 5.10 Å². The number of esters is 1. The summed E-state index contributed by atoms with van der Waals surface area (Å²) in [5.41, 5.74) is 2.13. The lowest BCUT2D eigenvalue weighted by Crippen LogP contribution is -2.17. The summed E-state index contributed by atoms with van der Waals surface area (Å²) < 4.78 is 47.2. The van der Waals surface area contributed by atoms with Crippen molar-refractivity contribution >= 4 is 17.6 Å². The number of carbonyl (C=O) groups excluding carboxylic acids is 1. The van der Waals surface area contributed by atoms with E-state index in [0.717, 1.165) is 17.7 Å². The van der Waals surface area contributed by atoms with Crippen LogP contribution in [0.2, 0.25) is 5.02 Å². The van der Waals surface area contributed by atoms with Gasteiger partial charge in [0, 0.05) is 17.0 Å². The highest BCUT2D eigenvalue weighted by Crippen LogP contribution is 2.35. The third kappa shape index (κ3) is 5.57. The number of carbonyl (C=O) groups is 1. The molecule has 0 amide bonds. The van der Waals surface area contributed by atoms with Gasteiger partial charge in [0.15, 0.2) is 0 Å². The molecule has 0 bridgehead atoms. The molecule has 0 radical (unpaired) electrons. The first-order chi connectivity index (χ1) is 16.6. The highest BCUT2D eigenvalue weighted by Gasteiger charge is 2.31. The van der Waals surface area contributed by atoms with Gasteiger partial charge in [-0.2, -0.15) is 18.3 Å². The first-order valence-corrected chi connectivity index (χ1v) is 11.3. The van der Waals surface area contributed by atoms with Gasteiger partial charge in [-0.05, 0) is 55.3 Å². The van der Waals surface area contributed by atoms with Crippen molar-refractivity contribution in [3.05, 3.63) is 117 Å². The van der Waals surface area contributed by atoms with Gasteiger partial charge in [-0.3, -0.25) is 0 Å². The molecule has 0 saturated carbocycles. The van der Waals surface area contributed by atoms with Crippen LogP contribution in [0.5, 0.6) is 5.88 Å². The Morgan fingerprint density at radius 1 is 1.03 bits per heavy atom. The molecule has 8 heteroatoms. The maximum absolute atomic E-state index is 13.3. The third-order valence-electron chi connectivity index (χ3n) is 5.70. The van der Waals surface area contributed by atoms with E-state index in [-0.39, 0.29) is 11.4 Å². The van der Waals surface area contributed by atoms with Crippen LogP contribution >= 0.6 is 11.6 Å². The van der Waals surface area contributed by atoms with Crippen LogP contribution in [0, 0.1) is 6.92 Å². The largest absolute Gasteiger partial charge is 0.416 e.